The number of ether oxygens (including phenoxy) is 2. The van der Waals surface area contributed by atoms with Gasteiger partial charge in [0.15, 0.2) is 5.96 Å². The van der Waals surface area contributed by atoms with Gasteiger partial charge >= 0.3 is 0 Å². The second-order valence-corrected chi connectivity index (χ2v) is 8.43. The Balaban J connectivity index is 1.63. The van der Waals surface area contributed by atoms with Crippen LogP contribution in [-0.4, -0.2) is 58.6 Å². The Kier molecular flexibility index (Phi) is 9.27. The molecule has 0 bridgehead atoms. The van der Waals surface area contributed by atoms with E-state index >= 15 is 0 Å². The first-order valence-electron chi connectivity index (χ1n) is 11.8. The Morgan fingerprint density at radius 2 is 1.90 bits per heavy atom. The first-order chi connectivity index (χ1) is 14.8. The lowest BCUT2D eigenvalue weighted by Crippen LogP contribution is -2.43. The molecule has 6 nitrogen and oxygen atoms in total. The Morgan fingerprint density at radius 1 is 1.13 bits per heavy atom. The molecular weight excluding hydrogens is 376 g/mol. The van der Waals surface area contributed by atoms with Gasteiger partial charge in [-0.15, -0.1) is 0 Å². The highest BCUT2D eigenvalue weighted by molar-refractivity contribution is 5.80. The van der Waals surface area contributed by atoms with Gasteiger partial charge in [0.1, 0.15) is 0 Å². The smallest absolute Gasteiger partial charge is 0.191 e. The summed E-state index contributed by atoms with van der Waals surface area (Å²) in [4.78, 5) is 7.35. The zero-order chi connectivity index (χ0) is 21.1. The summed E-state index contributed by atoms with van der Waals surface area (Å²) in [6.45, 7) is 11.9. The zero-order valence-electron chi connectivity index (χ0n) is 18.9. The number of morpholine rings is 1. The molecule has 0 atom stereocenters. The van der Waals surface area contributed by atoms with Gasteiger partial charge in [-0.05, 0) is 50.2 Å². The summed E-state index contributed by atoms with van der Waals surface area (Å²) < 4.78 is 11.2. The third-order valence-corrected chi connectivity index (χ3v) is 6.37. The minimum atomic E-state index is 0.344. The number of rotatable bonds is 10. The molecule has 2 N–H and O–H groups in total. The molecule has 1 aliphatic carbocycles. The lowest BCUT2D eigenvalue weighted by molar-refractivity contribution is 0.105. The molecule has 168 valence electrons. The van der Waals surface area contributed by atoms with Crippen molar-refractivity contribution in [3.63, 3.8) is 0 Å². The Labute approximate surface area is 182 Å². The number of aliphatic imine (C=N–C) groups is 1. The SMILES string of the molecule is CCNC(=NCc1ccccc1N1CCOCC1)NCC1(CCOCC)CCCC1. The first-order valence-corrected chi connectivity index (χ1v) is 11.8. The predicted molar refractivity (Wildman–Crippen MR) is 124 cm³/mol. The van der Waals surface area contributed by atoms with Gasteiger partial charge in [0.2, 0.25) is 0 Å². The first kappa shape index (κ1) is 22.9. The van der Waals surface area contributed by atoms with Gasteiger partial charge in [-0.2, -0.15) is 0 Å². The van der Waals surface area contributed by atoms with Crippen LogP contribution in [0.5, 0.6) is 0 Å². The number of nitrogens with one attached hydrogen (secondary N) is 2. The molecule has 3 rings (SSSR count). The van der Waals surface area contributed by atoms with Crippen LogP contribution >= 0.6 is 0 Å². The van der Waals surface area contributed by atoms with Gasteiger partial charge in [0, 0.05) is 45.1 Å². The van der Waals surface area contributed by atoms with Crippen LogP contribution in [0, 0.1) is 5.41 Å². The number of benzene rings is 1. The van der Waals surface area contributed by atoms with Gasteiger partial charge < -0.3 is 25.0 Å². The molecular formula is C24H40N4O2. The van der Waals surface area contributed by atoms with E-state index in [1.807, 2.05) is 0 Å². The monoisotopic (exact) mass is 416 g/mol. The van der Waals surface area contributed by atoms with Crippen molar-refractivity contribution in [2.75, 3.05) is 57.5 Å². The summed E-state index contributed by atoms with van der Waals surface area (Å²) in [7, 11) is 0. The fourth-order valence-corrected chi connectivity index (χ4v) is 4.61. The molecule has 1 heterocycles. The quantitative estimate of drug-likeness (QED) is 0.347. The van der Waals surface area contributed by atoms with E-state index in [1.54, 1.807) is 0 Å². The molecule has 1 aliphatic heterocycles. The van der Waals surface area contributed by atoms with Crippen LogP contribution in [0.2, 0.25) is 0 Å². The average Bonchev–Trinajstić information content (AvgIpc) is 3.26. The Hall–Kier alpha value is -1.79. The molecule has 2 aliphatic rings. The second-order valence-electron chi connectivity index (χ2n) is 8.43. The third kappa shape index (κ3) is 6.61. The summed E-state index contributed by atoms with van der Waals surface area (Å²) in [6.07, 6.45) is 6.36. The van der Waals surface area contributed by atoms with Crippen LogP contribution < -0.4 is 15.5 Å². The van der Waals surface area contributed by atoms with Crippen LogP contribution in [-0.2, 0) is 16.0 Å². The van der Waals surface area contributed by atoms with Gasteiger partial charge in [-0.1, -0.05) is 31.0 Å². The maximum Gasteiger partial charge on any atom is 0.191 e. The normalized spacial score (nSPS) is 19.1. The van der Waals surface area contributed by atoms with Crippen LogP contribution in [0.4, 0.5) is 5.69 Å². The molecule has 30 heavy (non-hydrogen) atoms. The van der Waals surface area contributed by atoms with Crippen molar-refractivity contribution in [3.05, 3.63) is 29.8 Å². The van der Waals surface area contributed by atoms with Crippen molar-refractivity contribution in [1.29, 1.82) is 0 Å². The molecule has 0 unspecified atom stereocenters. The standard InChI is InChI=1S/C24H40N4O2/c1-3-25-23(27-20-24(11-7-8-12-24)13-16-29-4-2)26-19-21-9-5-6-10-22(21)28-14-17-30-18-15-28/h5-6,9-10H,3-4,7-8,11-20H2,1-2H3,(H2,25,26,27). The van der Waals surface area contributed by atoms with Crippen LogP contribution in [0.1, 0.15) is 51.5 Å². The van der Waals surface area contributed by atoms with E-state index in [0.29, 0.717) is 12.0 Å². The molecule has 1 aromatic rings. The highest BCUT2D eigenvalue weighted by atomic mass is 16.5. The Morgan fingerprint density at radius 3 is 2.63 bits per heavy atom. The van der Waals surface area contributed by atoms with E-state index in [-0.39, 0.29) is 0 Å². The molecule has 6 heteroatoms. The molecule has 0 spiro atoms. The fourth-order valence-electron chi connectivity index (χ4n) is 4.61. The third-order valence-electron chi connectivity index (χ3n) is 6.37. The van der Waals surface area contributed by atoms with Gasteiger partial charge in [0.05, 0.1) is 19.8 Å². The molecule has 0 aromatic heterocycles. The zero-order valence-corrected chi connectivity index (χ0v) is 18.9. The summed E-state index contributed by atoms with van der Waals surface area (Å²) in [6, 6.07) is 8.62. The highest BCUT2D eigenvalue weighted by Crippen LogP contribution is 2.40. The van der Waals surface area contributed by atoms with Crippen molar-refractivity contribution in [3.8, 4) is 0 Å². The number of para-hydroxylation sites is 1. The number of anilines is 1. The lowest BCUT2D eigenvalue weighted by Gasteiger charge is -2.31. The predicted octanol–water partition coefficient (Wildman–Crippen LogP) is 3.57. The molecule has 0 amide bonds. The van der Waals surface area contributed by atoms with Crippen LogP contribution in [0.15, 0.2) is 29.3 Å². The number of hydrogen-bond acceptors (Lipinski definition) is 4. The average molecular weight is 417 g/mol. The lowest BCUT2D eigenvalue weighted by atomic mass is 9.83. The molecule has 1 aromatic carbocycles. The maximum absolute atomic E-state index is 5.66. The molecule has 1 saturated carbocycles. The summed E-state index contributed by atoms with van der Waals surface area (Å²) in [5.74, 6) is 0.914. The van der Waals surface area contributed by atoms with E-state index in [1.165, 1.54) is 36.9 Å². The summed E-state index contributed by atoms with van der Waals surface area (Å²) in [5, 5.41) is 7.08. The van der Waals surface area contributed by atoms with E-state index in [2.05, 4.69) is 53.6 Å². The van der Waals surface area contributed by atoms with E-state index in [9.17, 15) is 0 Å². The van der Waals surface area contributed by atoms with Crippen molar-refractivity contribution in [2.45, 2.75) is 52.5 Å². The van der Waals surface area contributed by atoms with E-state index < -0.39 is 0 Å². The minimum Gasteiger partial charge on any atom is -0.382 e. The number of hydrogen-bond donors (Lipinski definition) is 2. The van der Waals surface area contributed by atoms with E-state index in [4.69, 9.17) is 14.5 Å². The van der Waals surface area contributed by atoms with Crippen molar-refractivity contribution >= 4 is 11.6 Å². The van der Waals surface area contributed by atoms with Crippen LogP contribution in [0.3, 0.4) is 0 Å². The van der Waals surface area contributed by atoms with Gasteiger partial charge in [0.25, 0.3) is 0 Å². The highest BCUT2D eigenvalue weighted by Gasteiger charge is 2.33. The number of guanidine groups is 1. The van der Waals surface area contributed by atoms with Crippen molar-refractivity contribution < 1.29 is 9.47 Å². The largest absolute Gasteiger partial charge is 0.382 e. The van der Waals surface area contributed by atoms with Crippen molar-refractivity contribution in [2.24, 2.45) is 10.4 Å². The summed E-state index contributed by atoms with van der Waals surface area (Å²) >= 11 is 0. The van der Waals surface area contributed by atoms with Crippen LogP contribution in [0.25, 0.3) is 0 Å². The summed E-state index contributed by atoms with van der Waals surface area (Å²) in [5.41, 5.74) is 2.89. The topological polar surface area (TPSA) is 58.1 Å². The number of nitrogens with zero attached hydrogens (tertiary/aromatic N) is 2. The van der Waals surface area contributed by atoms with Gasteiger partial charge in [-0.25, -0.2) is 4.99 Å². The minimum absolute atomic E-state index is 0.344. The molecule has 0 radical (unpaired) electrons. The van der Waals surface area contributed by atoms with E-state index in [0.717, 1.165) is 65.0 Å². The Bertz CT molecular complexity index is 652. The van der Waals surface area contributed by atoms with Crippen molar-refractivity contribution in [1.82, 2.24) is 10.6 Å². The maximum atomic E-state index is 5.66. The molecule has 2 fully saturated rings. The second kappa shape index (κ2) is 12.2. The fraction of sp³-hybridized carbons (Fsp3) is 0.708. The molecule has 1 saturated heterocycles. The van der Waals surface area contributed by atoms with Gasteiger partial charge in [-0.3, -0.25) is 0 Å².